The summed E-state index contributed by atoms with van der Waals surface area (Å²) < 4.78 is 6.74. The number of fused-ring (bicyclic) bond motifs is 1. The maximum absolute atomic E-state index is 11.9. The van der Waals surface area contributed by atoms with Crippen LogP contribution in [-0.4, -0.2) is 32.2 Å². The van der Waals surface area contributed by atoms with Crippen LogP contribution in [0.3, 0.4) is 0 Å². The number of halogens is 1. The van der Waals surface area contributed by atoms with Gasteiger partial charge in [-0.1, -0.05) is 28.1 Å². The first-order valence-corrected chi connectivity index (χ1v) is 11.3. The van der Waals surface area contributed by atoms with Crippen LogP contribution < -0.4 is 10.2 Å². The standard InChI is InChI=1S/C21H25BrN2O2S/c1-14(25)23-21-19(17-7-2-3-8-18(17)27-21)20(24-9-11-26-12-10-24)15-5-4-6-16(22)13-15/h4-6,13,20H,2-3,7-12H2,1H3,(H,23,25)/p+1/t20-/m0/s1. The van der Waals surface area contributed by atoms with Gasteiger partial charge < -0.3 is 15.0 Å². The molecule has 6 heteroatoms. The van der Waals surface area contributed by atoms with Gasteiger partial charge >= 0.3 is 0 Å². The summed E-state index contributed by atoms with van der Waals surface area (Å²) in [5.74, 6) is 0.0137. The number of hydrogen-bond donors (Lipinski definition) is 2. The topological polar surface area (TPSA) is 42.8 Å². The van der Waals surface area contributed by atoms with Gasteiger partial charge in [-0.25, -0.2) is 0 Å². The van der Waals surface area contributed by atoms with Gasteiger partial charge in [-0.3, -0.25) is 4.79 Å². The number of nitrogens with one attached hydrogen (secondary N) is 2. The average molecular weight is 450 g/mol. The zero-order valence-electron chi connectivity index (χ0n) is 15.6. The van der Waals surface area contributed by atoms with Gasteiger partial charge in [0.2, 0.25) is 5.91 Å². The summed E-state index contributed by atoms with van der Waals surface area (Å²) in [5, 5.41) is 4.21. The molecule has 1 aromatic heterocycles. The number of anilines is 1. The Kier molecular flexibility index (Phi) is 5.97. The zero-order valence-corrected chi connectivity index (χ0v) is 18.0. The van der Waals surface area contributed by atoms with Gasteiger partial charge in [-0.2, -0.15) is 0 Å². The molecule has 0 radical (unpaired) electrons. The highest BCUT2D eigenvalue weighted by Crippen LogP contribution is 2.42. The number of ether oxygens (including phenoxy) is 1. The fourth-order valence-corrected chi connectivity index (χ4v) is 6.15. The van der Waals surface area contributed by atoms with E-state index in [2.05, 4.69) is 45.5 Å². The summed E-state index contributed by atoms with van der Waals surface area (Å²) in [5.41, 5.74) is 4.14. The van der Waals surface area contributed by atoms with E-state index in [4.69, 9.17) is 4.74 Å². The maximum atomic E-state index is 11.9. The van der Waals surface area contributed by atoms with E-state index >= 15 is 0 Å². The quantitative estimate of drug-likeness (QED) is 0.751. The Morgan fingerprint density at radius 2 is 2.04 bits per heavy atom. The smallest absolute Gasteiger partial charge is 0.221 e. The van der Waals surface area contributed by atoms with Crippen LogP contribution in [0.5, 0.6) is 0 Å². The number of quaternary nitrogens is 1. The minimum absolute atomic E-state index is 0.0137. The normalized spacial score (nSPS) is 18.7. The molecule has 2 heterocycles. The molecule has 4 nitrogen and oxygen atoms in total. The van der Waals surface area contributed by atoms with Gasteiger partial charge in [0.25, 0.3) is 0 Å². The van der Waals surface area contributed by atoms with Gasteiger partial charge in [0.05, 0.1) is 18.8 Å². The Hall–Kier alpha value is -1.21. The molecular weight excluding hydrogens is 424 g/mol. The van der Waals surface area contributed by atoms with Gasteiger partial charge in [-0.05, 0) is 43.4 Å². The number of aryl methyl sites for hydroxylation is 1. The molecule has 1 aliphatic carbocycles. The summed E-state index contributed by atoms with van der Waals surface area (Å²) >= 11 is 5.44. The van der Waals surface area contributed by atoms with Crippen molar-refractivity contribution in [1.29, 1.82) is 0 Å². The van der Waals surface area contributed by atoms with E-state index in [0.29, 0.717) is 0 Å². The Morgan fingerprint density at radius 3 is 2.78 bits per heavy atom. The molecule has 0 spiro atoms. The van der Waals surface area contributed by atoms with E-state index in [1.54, 1.807) is 18.3 Å². The van der Waals surface area contributed by atoms with Crippen molar-refractivity contribution >= 4 is 38.2 Å². The molecule has 1 atom stereocenters. The van der Waals surface area contributed by atoms with Crippen LogP contribution in [0.1, 0.15) is 47.4 Å². The highest BCUT2D eigenvalue weighted by molar-refractivity contribution is 9.10. The van der Waals surface area contributed by atoms with E-state index in [1.807, 2.05) is 0 Å². The van der Waals surface area contributed by atoms with Crippen LogP contribution in [-0.2, 0) is 22.4 Å². The van der Waals surface area contributed by atoms with Crippen LogP contribution in [0.4, 0.5) is 5.00 Å². The molecule has 0 bridgehead atoms. The first kappa shape index (κ1) is 19.1. The van der Waals surface area contributed by atoms with Gasteiger partial charge in [0.1, 0.15) is 24.1 Å². The number of morpholine rings is 1. The molecule has 1 aliphatic heterocycles. The maximum Gasteiger partial charge on any atom is 0.221 e. The van der Waals surface area contributed by atoms with Gasteiger partial charge in [-0.15, -0.1) is 11.3 Å². The second-order valence-electron chi connectivity index (χ2n) is 7.39. The van der Waals surface area contributed by atoms with E-state index in [0.717, 1.165) is 48.6 Å². The molecule has 2 aromatic rings. The lowest BCUT2D eigenvalue weighted by atomic mass is 9.88. The average Bonchev–Trinajstić information content (AvgIpc) is 3.00. The number of carbonyl (C=O) groups is 1. The predicted octanol–water partition coefficient (Wildman–Crippen LogP) is 3.35. The fourth-order valence-electron chi connectivity index (χ4n) is 4.36. The largest absolute Gasteiger partial charge is 0.370 e. The molecule has 4 rings (SSSR count). The number of thiophene rings is 1. The lowest BCUT2D eigenvalue weighted by Gasteiger charge is -2.33. The van der Waals surface area contributed by atoms with Crippen LogP contribution >= 0.6 is 27.3 Å². The van der Waals surface area contributed by atoms with Crippen LogP contribution in [0, 0.1) is 0 Å². The Labute approximate surface area is 173 Å². The zero-order chi connectivity index (χ0) is 18.8. The second kappa shape index (κ2) is 8.43. The number of benzene rings is 1. The third-order valence-corrected chi connectivity index (χ3v) is 7.23. The highest BCUT2D eigenvalue weighted by atomic mass is 79.9. The molecular formula is C21H26BrN2O2S+. The third kappa shape index (κ3) is 4.14. The molecule has 2 aliphatic rings. The first-order chi connectivity index (χ1) is 13.1. The van der Waals surface area contributed by atoms with Crippen LogP contribution in [0.25, 0.3) is 0 Å². The minimum Gasteiger partial charge on any atom is -0.370 e. The van der Waals surface area contributed by atoms with Crippen molar-refractivity contribution < 1.29 is 14.4 Å². The lowest BCUT2D eigenvalue weighted by Crippen LogP contribution is -3.14. The Bertz CT molecular complexity index is 830. The van der Waals surface area contributed by atoms with Gasteiger partial charge in [0.15, 0.2) is 0 Å². The summed E-state index contributed by atoms with van der Waals surface area (Å²) in [6, 6.07) is 8.88. The van der Waals surface area contributed by atoms with Crippen molar-refractivity contribution in [2.75, 3.05) is 31.6 Å². The summed E-state index contributed by atoms with van der Waals surface area (Å²) in [4.78, 5) is 14.9. The molecule has 0 saturated carbocycles. The van der Waals surface area contributed by atoms with Crippen molar-refractivity contribution in [3.8, 4) is 0 Å². The number of hydrogen-bond acceptors (Lipinski definition) is 3. The molecule has 1 aromatic carbocycles. The molecule has 0 unspecified atom stereocenters. The van der Waals surface area contributed by atoms with Crippen molar-refractivity contribution in [3.05, 3.63) is 50.3 Å². The molecule has 144 valence electrons. The van der Waals surface area contributed by atoms with E-state index < -0.39 is 0 Å². The first-order valence-electron chi connectivity index (χ1n) is 9.73. The minimum atomic E-state index is 0.0137. The summed E-state index contributed by atoms with van der Waals surface area (Å²) in [6.07, 6.45) is 4.74. The number of rotatable bonds is 4. The van der Waals surface area contributed by atoms with E-state index in [-0.39, 0.29) is 11.9 Å². The third-order valence-electron chi connectivity index (χ3n) is 5.52. The van der Waals surface area contributed by atoms with Gasteiger partial charge in [0, 0.05) is 21.8 Å². The van der Waals surface area contributed by atoms with E-state index in [9.17, 15) is 4.79 Å². The Balaban J connectivity index is 1.86. The van der Waals surface area contributed by atoms with Crippen molar-refractivity contribution in [2.45, 2.75) is 38.6 Å². The van der Waals surface area contributed by atoms with Crippen molar-refractivity contribution in [3.63, 3.8) is 0 Å². The second-order valence-corrected chi connectivity index (χ2v) is 9.41. The lowest BCUT2D eigenvalue weighted by molar-refractivity contribution is -0.933. The molecule has 2 N–H and O–H groups in total. The number of amides is 1. The van der Waals surface area contributed by atoms with Crippen molar-refractivity contribution in [1.82, 2.24) is 0 Å². The number of carbonyl (C=O) groups excluding carboxylic acids is 1. The molecule has 1 amide bonds. The van der Waals surface area contributed by atoms with Crippen molar-refractivity contribution in [2.24, 2.45) is 0 Å². The molecule has 1 saturated heterocycles. The summed E-state index contributed by atoms with van der Waals surface area (Å²) in [6.45, 7) is 5.17. The molecule has 1 fully saturated rings. The van der Waals surface area contributed by atoms with Crippen LogP contribution in [0.15, 0.2) is 28.7 Å². The summed E-state index contributed by atoms with van der Waals surface area (Å²) in [7, 11) is 0. The highest BCUT2D eigenvalue weighted by Gasteiger charge is 2.35. The predicted molar refractivity (Wildman–Crippen MR) is 113 cm³/mol. The Morgan fingerprint density at radius 1 is 1.26 bits per heavy atom. The monoisotopic (exact) mass is 449 g/mol. The SMILES string of the molecule is CC(=O)Nc1sc2c(c1[C@H](c1cccc(Br)c1)[NH+]1CCOCC1)CCCC2. The van der Waals surface area contributed by atoms with E-state index in [1.165, 1.54) is 39.3 Å². The molecule has 27 heavy (non-hydrogen) atoms. The fraction of sp³-hybridized carbons (Fsp3) is 0.476. The van der Waals surface area contributed by atoms with Crippen LogP contribution in [0.2, 0.25) is 0 Å².